The smallest absolute Gasteiger partial charge is 0.224 e. The predicted molar refractivity (Wildman–Crippen MR) is 121 cm³/mol. The Hall–Kier alpha value is -1.51. The van der Waals surface area contributed by atoms with Crippen LogP contribution in [0.5, 0.6) is 5.75 Å². The number of nitrogens with one attached hydrogen (secondary N) is 1. The maximum Gasteiger partial charge on any atom is 0.224 e. The highest BCUT2D eigenvalue weighted by molar-refractivity contribution is 5.90. The van der Waals surface area contributed by atoms with E-state index in [0.717, 1.165) is 37.3 Å². The van der Waals surface area contributed by atoms with Crippen LogP contribution in [0.3, 0.4) is 0 Å². The average molecular weight is 390 g/mol. The van der Waals surface area contributed by atoms with Crippen LogP contribution in [0.1, 0.15) is 104 Å². The third kappa shape index (κ3) is 13.6. The lowest BCUT2D eigenvalue weighted by Gasteiger charge is -2.09. The normalized spacial score (nSPS) is 11.0. The van der Waals surface area contributed by atoms with E-state index in [9.17, 15) is 4.79 Å². The highest BCUT2D eigenvalue weighted by Crippen LogP contribution is 2.17. The van der Waals surface area contributed by atoms with Crippen molar-refractivity contribution < 1.29 is 9.53 Å². The van der Waals surface area contributed by atoms with Gasteiger partial charge in [0.2, 0.25) is 5.91 Å². The Balaban J connectivity index is 2.01. The molecule has 1 amide bonds. The molecule has 0 saturated heterocycles. The molecule has 0 unspecified atom stereocenters. The number of carbonyl (C=O) groups is 1. The van der Waals surface area contributed by atoms with Crippen LogP contribution in [0.2, 0.25) is 0 Å². The van der Waals surface area contributed by atoms with Gasteiger partial charge in [-0.15, -0.1) is 0 Å². The number of anilines is 1. The average Bonchev–Trinajstić information content (AvgIpc) is 2.67. The standard InChI is InChI=1S/C25H43NO2/c1-4-5-6-7-8-9-10-11-12-13-14-15-25(27)26-23-16-18-24(19-17-23)28-21-20-22(2)3/h16-19,22H,4-15,20-21H2,1-3H3,(H,26,27). The van der Waals surface area contributed by atoms with Gasteiger partial charge in [0.05, 0.1) is 6.61 Å². The maximum absolute atomic E-state index is 12.1. The first-order valence-corrected chi connectivity index (χ1v) is 11.6. The first-order valence-electron chi connectivity index (χ1n) is 11.6. The van der Waals surface area contributed by atoms with Crippen molar-refractivity contribution in [2.75, 3.05) is 11.9 Å². The molecule has 1 aromatic rings. The number of hydrogen-bond donors (Lipinski definition) is 1. The van der Waals surface area contributed by atoms with Gasteiger partial charge in [0.25, 0.3) is 0 Å². The van der Waals surface area contributed by atoms with Gasteiger partial charge in [0.1, 0.15) is 5.75 Å². The highest BCUT2D eigenvalue weighted by Gasteiger charge is 2.03. The van der Waals surface area contributed by atoms with Crippen molar-refractivity contribution in [3.05, 3.63) is 24.3 Å². The Morgan fingerprint density at radius 2 is 1.39 bits per heavy atom. The molecule has 0 atom stereocenters. The van der Waals surface area contributed by atoms with E-state index in [1.54, 1.807) is 0 Å². The Morgan fingerprint density at radius 3 is 1.93 bits per heavy atom. The van der Waals surface area contributed by atoms with Gasteiger partial charge in [-0.2, -0.15) is 0 Å². The van der Waals surface area contributed by atoms with E-state index in [2.05, 4.69) is 26.1 Å². The zero-order chi connectivity index (χ0) is 20.5. The summed E-state index contributed by atoms with van der Waals surface area (Å²) in [5.74, 6) is 1.63. The Bertz CT molecular complexity index is 496. The lowest BCUT2D eigenvalue weighted by atomic mass is 10.1. The van der Waals surface area contributed by atoms with Crippen LogP contribution in [0.4, 0.5) is 5.69 Å². The molecule has 3 heteroatoms. The fraction of sp³-hybridized carbons (Fsp3) is 0.720. The third-order valence-corrected chi connectivity index (χ3v) is 5.11. The molecule has 0 bridgehead atoms. The summed E-state index contributed by atoms with van der Waals surface area (Å²) >= 11 is 0. The first-order chi connectivity index (χ1) is 13.6. The van der Waals surface area contributed by atoms with E-state index in [0.29, 0.717) is 12.3 Å². The van der Waals surface area contributed by atoms with Crippen molar-refractivity contribution in [1.29, 1.82) is 0 Å². The third-order valence-electron chi connectivity index (χ3n) is 5.11. The summed E-state index contributed by atoms with van der Waals surface area (Å²) in [5, 5.41) is 2.98. The summed E-state index contributed by atoms with van der Waals surface area (Å²) < 4.78 is 5.71. The van der Waals surface area contributed by atoms with E-state index >= 15 is 0 Å². The quantitative estimate of drug-likeness (QED) is 0.277. The molecule has 0 aliphatic heterocycles. The molecular weight excluding hydrogens is 346 g/mol. The zero-order valence-electron chi connectivity index (χ0n) is 18.6. The second-order valence-corrected chi connectivity index (χ2v) is 8.39. The Labute approximate surface area is 173 Å². The second-order valence-electron chi connectivity index (χ2n) is 8.39. The number of hydrogen-bond acceptors (Lipinski definition) is 2. The largest absolute Gasteiger partial charge is 0.494 e. The molecule has 1 rings (SSSR count). The highest BCUT2D eigenvalue weighted by atomic mass is 16.5. The molecule has 0 radical (unpaired) electrons. The van der Waals surface area contributed by atoms with Crippen LogP contribution in [0, 0.1) is 5.92 Å². The molecule has 160 valence electrons. The molecule has 0 fully saturated rings. The molecular formula is C25H43NO2. The minimum absolute atomic E-state index is 0.115. The van der Waals surface area contributed by atoms with Crippen molar-refractivity contribution >= 4 is 11.6 Å². The van der Waals surface area contributed by atoms with Crippen LogP contribution in [0.15, 0.2) is 24.3 Å². The van der Waals surface area contributed by atoms with Crippen LogP contribution in [0.25, 0.3) is 0 Å². The zero-order valence-corrected chi connectivity index (χ0v) is 18.6. The van der Waals surface area contributed by atoms with E-state index < -0.39 is 0 Å². The van der Waals surface area contributed by atoms with Gasteiger partial charge in [0, 0.05) is 12.1 Å². The van der Waals surface area contributed by atoms with Gasteiger partial charge in [-0.05, 0) is 43.0 Å². The van der Waals surface area contributed by atoms with Crippen LogP contribution in [-0.4, -0.2) is 12.5 Å². The minimum Gasteiger partial charge on any atom is -0.494 e. The molecule has 0 heterocycles. The number of ether oxygens (including phenoxy) is 1. The number of amides is 1. The molecule has 0 saturated carbocycles. The second kappa shape index (κ2) is 16.4. The summed E-state index contributed by atoms with van der Waals surface area (Å²) in [7, 11) is 0. The van der Waals surface area contributed by atoms with Crippen molar-refractivity contribution in [2.45, 2.75) is 104 Å². The molecule has 1 aromatic carbocycles. The van der Waals surface area contributed by atoms with Gasteiger partial charge in [-0.3, -0.25) is 4.79 Å². The molecule has 0 aliphatic rings. The summed E-state index contributed by atoms with van der Waals surface area (Å²) in [6.07, 6.45) is 16.0. The van der Waals surface area contributed by atoms with Gasteiger partial charge in [-0.25, -0.2) is 0 Å². The fourth-order valence-electron chi connectivity index (χ4n) is 3.22. The number of unbranched alkanes of at least 4 members (excludes halogenated alkanes) is 10. The SMILES string of the molecule is CCCCCCCCCCCCCC(=O)Nc1ccc(OCCC(C)C)cc1. The van der Waals surface area contributed by atoms with Gasteiger partial charge in [0.15, 0.2) is 0 Å². The topological polar surface area (TPSA) is 38.3 Å². The molecule has 1 N–H and O–H groups in total. The number of rotatable bonds is 17. The molecule has 28 heavy (non-hydrogen) atoms. The summed E-state index contributed by atoms with van der Waals surface area (Å²) in [5.41, 5.74) is 0.851. The number of carbonyl (C=O) groups excluding carboxylic acids is 1. The minimum atomic E-state index is 0.115. The Kier molecular flexibility index (Phi) is 14.4. The van der Waals surface area contributed by atoms with Crippen LogP contribution < -0.4 is 10.1 Å². The van der Waals surface area contributed by atoms with Crippen molar-refractivity contribution in [2.24, 2.45) is 5.92 Å². The number of benzene rings is 1. The van der Waals surface area contributed by atoms with Crippen molar-refractivity contribution in [1.82, 2.24) is 0 Å². The van der Waals surface area contributed by atoms with E-state index in [1.807, 2.05) is 24.3 Å². The monoisotopic (exact) mass is 389 g/mol. The molecule has 0 aromatic heterocycles. The van der Waals surface area contributed by atoms with Crippen molar-refractivity contribution in [3.63, 3.8) is 0 Å². The van der Waals surface area contributed by atoms with Crippen LogP contribution >= 0.6 is 0 Å². The van der Waals surface area contributed by atoms with Crippen LogP contribution in [-0.2, 0) is 4.79 Å². The van der Waals surface area contributed by atoms with E-state index in [1.165, 1.54) is 57.8 Å². The maximum atomic E-state index is 12.1. The summed E-state index contributed by atoms with van der Waals surface area (Å²) in [6.45, 7) is 7.39. The predicted octanol–water partition coefficient (Wildman–Crippen LogP) is 7.75. The van der Waals surface area contributed by atoms with Gasteiger partial charge >= 0.3 is 0 Å². The lowest BCUT2D eigenvalue weighted by molar-refractivity contribution is -0.116. The first kappa shape index (κ1) is 24.5. The lowest BCUT2D eigenvalue weighted by Crippen LogP contribution is -2.11. The summed E-state index contributed by atoms with van der Waals surface area (Å²) in [4.78, 5) is 12.1. The Morgan fingerprint density at radius 1 is 0.857 bits per heavy atom. The molecule has 3 nitrogen and oxygen atoms in total. The molecule has 0 spiro atoms. The fourth-order valence-corrected chi connectivity index (χ4v) is 3.22. The van der Waals surface area contributed by atoms with Gasteiger partial charge in [-0.1, -0.05) is 85.0 Å². The van der Waals surface area contributed by atoms with Gasteiger partial charge < -0.3 is 10.1 Å². The van der Waals surface area contributed by atoms with E-state index in [4.69, 9.17) is 4.74 Å². The molecule has 0 aliphatic carbocycles. The van der Waals surface area contributed by atoms with Crippen molar-refractivity contribution in [3.8, 4) is 5.75 Å². The summed E-state index contributed by atoms with van der Waals surface area (Å²) in [6, 6.07) is 7.70. The van der Waals surface area contributed by atoms with E-state index in [-0.39, 0.29) is 5.91 Å².